The number of phenolic OH excluding ortho intramolecular Hbond substituents is 1. The van der Waals surface area contributed by atoms with Gasteiger partial charge in [-0.1, -0.05) is 15.9 Å². The normalized spacial score (nSPS) is 12.5. The van der Waals surface area contributed by atoms with E-state index in [-0.39, 0.29) is 16.4 Å². The molecule has 1 rings (SSSR count). The summed E-state index contributed by atoms with van der Waals surface area (Å²) in [6.45, 7) is 1.74. The molecular formula is C10H11BrO2S. The second-order valence-corrected chi connectivity index (χ2v) is 5.12. The number of rotatable bonds is 3. The van der Waals surface area contributed by atoms with Crippen LogP contribution < -0.4 is 0 Å². The molecule has 0 fully saturated rings. The number of thioether (sulfide) groups is 1. The van der Waals surface area contributed by atoms with E-state index in [0.717, 1.165) is 4.90 Å². The Hall–Kier alpha value is -0.480. The van der Waals surface area contributed by atoms with Crippen LogP contribution in [0.25, 0.3) is 0 Å². The topological polar surface area (TPSA) is 37.3 Å². The van der Waals surface area contributed by atoms with Crippen molar-refractivity contribution in [1.82, 2.24) is 0 Å². The molecule has 0 aliphatic carbocycles. The Bertz CT molecular complexity index is 350. The Labute approximate surface area is 95.8 Å². The van der Waals surface area contributed by atoms with Gasteiger partial charge in [0.05, 0.1) is 10.4 Å². The largest absolute Gasteiger partial charge is 0.507 e. The number of Topliss-reactive ketones (excluding diaryl/α,β-unsaturated/α-hetero) is 1. The quantitative estimate of drug-likeness (QED) is 0.523. The lowest BCUT2D eigenvalue weighted by Gasteiger charge is -2.06. The average molecular weight is 275 g/mol. The smallest absolute Gasteiger partial charge is 0.179 e. The van der Waals surface area contributed by atoms with Gasteiger partial charge in [-0.3, -0.25) is 4.79 Å². The number of hydrogen-bond acceptors (Lipinski definition) is 3. The summed E-state index contributed by atoms with van der Waals surface area (Å²) in [4.78, 5) is 12.2. The van der Waals surface area contributed by atoms with Crippen molar-refractivity contribution in [3.63, 3.8) is 0 Å². The molecule has 1 N–H and O–H groups in total. The van der Waals surface area contributed by atoms with Gasteiger partial charge in [0.2, 0.25) is 0 Å². The first-order valence-corrected chi connectivity index (χ1v) is 6.25. The molecule has 1 unspecified atom stereocenters. The molecule has 1 aromatic carbocycles. The van der Waals surface area contributed by atoms with Crippen molar-refractivity contribution in [2.24, 2.45) is 0 Å². The van der Waals surface area contributed by atoms with E-state index >= 15 is 0 Å². The van der Waals surface area contributed by atoms with Crippen molar-refractivity contribution >= 4 is 33.5 Å². The fourth-order valence-electron chi connectivity index (χ4n) is 1.06. The van der Waals surface area contributed by atoms with E-state index < -0.39 is 0 Å². The summed E-state index contributed by atoms with van der Waals surface area (Å²) in [5, 5.41) is 9.59. The number of halogens is 1. The number of benzene rings is 1. The summed E-state index contributed by atoms with van der Waals surface area (Å²) in [5.41, 5.74) is 0.368. The summed E-state index contributed by atoms with van der Waals surface area (Å²) >= 11 is 4.71. The summed E-state index contributed by atoms with van der Waals surface area (Å²) in [6.07, 6.45) is 1.92. The Morgan fingerprint density at radius 2 is 2.21 bits per heavy atom. The molecule has 0 aromatic heterocycles. The van der Waals surface area contributed by atoms with Crippen molar-refractivity contribution in [1.29, 1.82) is 0 Å². The van der Waals surface area contributed by atoms with Crippen LogP contribution in [-0.2, 0) is 0 Å². The maximum absolute atomic E-state index is 11.6. The van der Waals surface area contributed by atoms with Gasteiger partial charge in [-0.2, -0.15) is 0 Å². The molecule has 1 aromatic rings. The van der Waals surface area contributed by atoms with Crippen LogP contribution in [0, 0.1) is 0 Å². The highest BCUT2D eigenvalue weighted by atomic mass is 79.9. The third-order valence-electron chi connectivity index (χ3n) is 1.83. The first-order valence-electron chi connectivity index (χ1n) is 4.11. The molecule has 0 spiro atoms. The molecule has 0 radical (unpaired) electrons. The molecule has 2 nitrogen and oxygen atoms in total. The Balaban J connectivity index is 3.06. The van der Waals surface area contributed by atoms with E-state index in [4.69, 9.17) is 0 Å². The van der Waals surface area contributed by atoms with Gasteiger partial charge in [-0.15, -0.1) is 11.8 Å². The molecule has 0 saturated heterocycles. The second-order valence-electron chi connectivity index (χ2n) is 2.86. The maximum atomic E-state index is 11.6. The van der Waals surface area contributed by atoms with E-state index in [1.54, 1.807) is 19.1 Å². The molecule has 0 amide bonds. The van der Waals surface area contributed by atoms with Crippen molar-refractivity contribution < 1.29 is 9.90 Å². The highest BCUT2D eigenvalue weighted by Gasteiger charge is 2.15. The highest BCUT2D eigenvalue weighted by molar-refractivity contribution is 9.10. The molecule has 76 valence electrons. The fourth-order valence-corrected chi connectivity index (χ4v) is 1.74. The predicted molar refractivity (Wildman–Crippen MR) is 62.6 cm³/mol. The number of ketones is 1. The van der Waals surface area contributed by atoms with Crippen LogP contribution in [0.15, 0.2) is 23.1 Å². The van der Waals surface area contributed by atoms with E-state index in [2.05, 4.69) is 15.9 Å². The minimum absolute atomic E-state index is 0.0492. The zero-order valence-corrected chi connectivity index (χ0v) is 10.4. The molecule has 1 atom stereocenters. The van der Waals surface area contributed by atoms with Gasteiger partial charge in [0.25, 0.3) is 0 Å². The highest BCUT2D eigenvalue weighted by Crippen LogP contribution is 2.26. The van der Waals surface area contributed by atoms with Crippen LogP contribution in [0.2, 0.25) is 0 Å². The van der Waals surface area contributed by atoms with Crippen LogP contribution in [0.3, 0.4) is 0 Å². The van der Waals surface area contributed by atoms with E-state index in [9.17, 15) is 9.90 Å². The first-order chi connectivity index (χ1) is 6.56. The van der Waals surface area contributed by atoms with Gasteiger partial charge < -0.3 is 5.11 Å². The summed E-state index contributed by atoms with van der Waals surface area (Å²) in [7, 11) is 0. The maximum Gasteiger partial charge on any atom is 0.179 e. The molecule has 0 heterocycles. The average Bonchev–Trinajstić information content (AvgIpc) is 2.16. The predicted octanol–water partition coefficient (Wildman–Crippen LogP) is 3.08. The van der Waals surface area contributed by atoms with Crippen molar-refractivity contribution in [3.05, 3.63) is 23.8 Å². The molecule has 4 heteroatoms. The van der Waals surface area contributed by atoms with Gasteiger partial charge in [0.1, 0.15) is 5.75 Å². The zero-order chi connectivity index (χ0) is 10.7. The molecular weight excluding hydrogens is 264 g/mol. The summed E-state index contributed by atoms with van der Waals surface area (Å²) in [6, 6.07) is 5.08. The number of carbonyl (C=O) groups is 1. The number of carbonyl (C=O) groups excluding carboxylic acids is 1. The lowest BCUT2D eigenvalue weighted by atomic mass is 10.1. The summed E-state index contributed by atoms with van der Waals surface area (Å²) < 4.78 is 0. The van der Waals surface area contributed by atoms with Gasteiger partial charge in [0.15, 0.2) is 5.78 Å². The number of aromatic hydroxyl groups is 1. The third kappa shape index (κ3) is 2.51. The Kier molecular flexibility index (Phi) is 4.01. The van der Waals surface area contributed by atoms with Gasteiger partial charge in [-0.05, 0) is 31.4 Å². The fraction of sp³-hybridized carbons (Fsp3) is 0.300. The number of phenols is 1. The van der Waals surface area contributed by atoms with Crippen LogP contribution in [0.1, 0.15) is 17.3 Å². The summed E-state index contributed by atoms with van der Waals surface area (Å²) in [5.74, 6) is -0.0525. The Morgan fingerprint density at radius 1 is 1.57 bits per heavy atom. The van der Waals surface area contributed by atoms with E-state index in [0.29, 0.717) is 5.56 Å². The van der Waals surface area contributed by atoms with E-state index in [1.165, 1.54) is 11.8 Å². The third-order valence-corrected chi connectivity index (χ3v) is 2.97. The van der Waals surface area contributed by atoms with E-state index in [1.807, 2.05) is 12.3 Å². The minimum atomic E-state index is -0.270. The monoisotopic (exact) mass is 274 g/mol. The Morgan fingerprint density at radius 3 is 2.64 bits per heavy atom. The number of hydrogen-bond donors (Lipinski definition) is 1. The van der Waals surface area contributed by atoms with Crippen LogP contribution in [0.4, 0.5) is 0 Å². The molecule has 0 bridgehead atoms. The molecule has 14 heavy (non-hydrogen) atoms. The zero-order valence-electron chi connectivity index (χ0n) is 7.95. The van der Waals surface area contributed by atoms with Crippen LogP contribution in [-0.4, -0.2) is 22.0 Å². The second kappa shape index (κ2) is 4.84. The van der Waals surface area contributed by atoms with Gasteiger partial charge in [-0.25, -0.2) is 0 Å². The standard InChI is InChI=1S/C10H11BrO2S/c1-6(11)10(13)8-4-3-7(14-2)5-9(8)12/h3-6,12H,1-2H3. The van der Waals surface area contributed by atoms with Crippen LogP contribution >= 0.6 is 27.7 Å². The molecule has 0 saturated carbocycles. The van der Waals surface area contributed by atoms with Gasteiger partial charge >= 0.3 is 0 Å². The van der Waals surface area contributed by atoms with Crippen molar-refractivity contribution in [2.75, 3.05) is 6.26 Å². The number of alkyl halides is 1. The first kappa shape index (κ1) is 11.6. The van der Waals surface area contributed by atoms with Crippen molar-refractivity contribution in [3.8, 4) is 5.75 Å². The lowest BCUT2D eigenvalue weighted by Crippen LogP contribution is -2.09. The van der Waals surface area contributed by atoms with Crippen LogP contribution in [0.5, 0.6) is 5.75 Å². The lowest BCUT2D eigenvalue weighted by molar-refractivity contribution is 0.0993. The van der Waals surface area contributed by atoms with Gasteiger partial charge in [0, 0.05) is 4.90 Å². The molecule has 0 aliphatic heterocycles. The molecule has 0 aliphatic rings. The SMILES string of the molecule is CSc1ccc(C(=O)C(C)Br)c(O)c1. The van der Waals surface area contributed by atoms with Crippen molar-refractivity contribution in [2.45, 2.75) is 16.6 Å². The minimum Gasteiger partial charge on any atom is -0.507 e.